The van der Waals surface area contributed by atoms with E-state index in [0.29, 0.717) is 12.1 Å². The van der Waals surface area contributed by atoms with Gasteiger partial charge in [0.1, 0.15) is 11.4 Å². The van der Waals surface area contributed by atoms with Crippen LogP contribution in [0, 0.1) is 0 Å². The summed E-state index contributed by atoms with van der Waals surface area (Å²) in [4.78, 5) is 6.97. The fourth-order valence-electron chi connectivity index (χ4n) is 3.01. The Morgan fingerprint density at radius 2 is 2.29 bits per heavy atom. The van der Waals surface area contributed by atoms with Crippen molar-refractivity contribution in [2.24, 2.45) is 0 Å². The van der Waals surface area contributed by atoms with E-state index in [9.17, 15) is 0 Å². The molecule has 90 valence electrons. The van der Waals surface area contributed by atoms with Gasteiger partial charge in [0.15, 0.2) is 0 Å². The molecular formula is C14H18N2O. The number of hydrogen-bond donors (Lipinski definition) is 0. The largest absolute Gasteiger partial charge is 0.494 e. The molecular weight excluding hydrogens is 212 g/mol. The lowest BCUT2D eigenvalue weighted by molar-refractivity contribution is 0.264. The van der Waals surface area contributed by atoms with Crippen LogP contribution in [0.1, 0.15) is 25.0 Å². The molecule has 3 heterocycles. The van der Waals surface area contributed by atoms with Crippen molar-refractivity contribution in [2.75, 3.05) is 14.2 Å². The Balaban J connectivity index is 1.98. The summed E-state index contributed by atoms with van der Waals surface area (Å²) in [5.74, 6) is 0.891. The predicted molar refractivity (Wildman–Crippen MR) is 68.0 cm³/mol. The third-order valence-electron chi connectivity index (χ3n) is 4.04. The average molecular weight is 230 g/mol. The van der Waals surface area contributed by atoms with E-state index in [-0.39, 0.29) is 0 Å². The Bertz CT molecular complexity index is 455. The number of likely N-dealkylation sites (N-methyl/N-ethyl adjacent to an activating group) is 1. The van der Waals surface area contributed by atoms with Crippen LogP contribution in [0.25, 0.3) is 5.57 Å². The van der Waals surface area contributed by atoms with Gasteiger partial charge in [-0.15, -0.1) is 0 Å². The van der Waals surface area contributed by atoms with Crippen LogP contribution in [0.15, 0.2) is 24.4 Å². The lowest BCUT2D eigenvalue weighted by Gasteiger charge is -2.30. The van der Waals surface area contributed by atoms with E-state index in [1.807, 2.05) is 18.3 Å². The highest BCUT2D eigenvalue weighted by atomic mass is 16.5. The van der Waals surface area contributed by atoms with Crippen LogP contribution in [0.2, 0.25) is 0 Å². The maximum atomic E-state index is 5.40. The average Bonchev–Trinajstić information content (AvgIpc) is 2.61. The highest BCUT2D eigenvalue weighted by Gasteiger charge is 2.34. The quantitative estimate of drug-likeness (QED) is 0.779. The molecule has 1 fully saturated rings. The van der Waals surface area contributed by atoms with Crippen LogP contribution in [0.5, 0.6) is 5.75 Å². The Morgan fingerprint density at radius 1 is 1.41 bits per heavy atom. The van der Waals surface area contributed by atoms with Crippen LogP contribution in [-0.4, -0.2) is 36.1 Å². The molecule has 3 rings (SSSR count). The van der Waals surface area contributed by atoms with Gasteiger partial charge in [-0.1, -0.05) is 6.08 Å². The van der Waals surface area contributed by atoms with Crippen LogP contribution in [0.4, 0.5) is 0 Å². The van der Waals surface area contributed by atoms with Crippen molar-refractivity contribution in [3.8, 4) is 5.75 Å². The monoisotopic (exact) mass is 230 g/mol. The van der Waals surface area contributed by atoms with Gasteiger partial charge >= 0.3 is 0 Å². The number of nitrogens with zero attached hydrogens (tertiary/aromatic N) is 2. The van der Waals surface area contributed by atoms with Gasteiger partial charge in [-0.3, -0.25) is 9.88 Å². The highest BCUT2D eigenvalue weighted by molar-refractivity contribution is 5.69. The smallest absolute Gasteiger partial charge is 0.144 e. The molecule has 0 radical (unpaired) electrons. The van der Waals surface area contributed by atoms with E-state index in [4.69, 9.17) is 4.74 Å². The number of fused-ring (bicyclic) bond motifs is 2. The molecule has 1 aromatic rings. The SMILES string of the molecule is COc1cccnc1C1=CC2CCC(C1)N2C. The highest BCUT2D eigenvalue weighted by Crippen LogP contribution is 2.38. The number of pyridine rings is 1. The molecule has 2 bridgehead atoms. The van der Waals surface area contributed by atoms with Gasteiger partial charge in [-0.2, -0.15) is 0 Å². The molecule has 0 amide bonds. The summed E-state index contributed by atoms with van der Waals surface area (Å²) in [6.45, 7) is 0. The van der Waals surface area contributed by atoms with E-state index >= 15 is 0 Å². The van der Waals surface area contributed by atoms with Crippen molar-refractivity contribution < 1.29 is 4.74 Å². The van der Waals surface area contributed by atoms with Gasteiger partial charge in [-0.05, 0) is 44.0 Å². The summed E-state index contributed by atoms with van der Waals surface area (Å²) in [5.41, 5.74) is 2.38. The molecule has 3 nitrogen and oxygen atoms in total. The summed E-state index contributed by atoms with van der Waals surface area (Å²) in [6, 6.07) is 5.19. The molecule has 2 aliphatic rings. The molecule has 1 saturated heterocycles. The first-order chi connectivity index (χ1) is 8.29. The van der Waals surface area contributed by atoms with Crippen LogP contribution in [-0.2, 0) is 0 Å². The minimum atomic E-state index is 0.593. The molecule has 17 heavy (non-hydrogen) atoms. The van der Waals surface area contributed by atoms with Crippen LogP contribution in [0.3, 0.4) is 0 Å². The minimum absolute atomic E-state index is 0.593. The van der Waals surface area contributed by atoms with E-state index in [0.717, 1.165) is 17.9 Å². The Hall–Kier alpha value is -1.35. The van der Waals surface area contributed by atoms with Gasteiger partial charge in [0.25, 0.3) is 0 Å². The molecule has 3 heteroatoms. The number of hydrogen-bond acceptors (Lipinski definition) is 3. The zero-order valence-corrected chi connectivity index (χ0v) is 10.4. The second-order valence-corrected chi connectivity index (χ2v) is 4.91. The third-order valence-corrected chi connectivity index (χ3v) is 4.04. The zero-order valence-electron chi connectivity index (χ0n) is 10.4. The number of ether oxygens (including phenoxy) is 1. The summed E-state index contributed by atoms with van der Waals surface area (Å²) in [7, 11) is 3.94. The van der Waals surface area contributed by atoms with Gasteiger partial charge in [0.2, 0.25) is 0 Å². The molecule has 2 unspecified atom stereocenters. The topological polar surface area (TPSA) is 25.4 Å². The van der Waals surface area contributed by atoms with Crippen molar-refractivity contribution in [3.63, 3.8) is 0 Å². The first kappa shape index (κ1) is 10.8. The number of methoxy groups -OCH3 is 1. The Morgan fingerprint density at radius 3 is 3.06 bits per heavy atom. The third kappa shape index (κ3) is 1.75. The fourth-order valence-corrected chi connectivity index (χ4v) is 3.01. The van der Waals surface area contributed by atoms with Gasteiger partial charge in [0.05, 0.1) is 7.11 Å². The maximum Gasteiger partial charge on any atom is 0.144 e. The zero-order chi connectivity index (χ0) is 11.8. The van der Waals surface area contributed by atoms with Gasteiger partial charge in [-0.25, -0.2) is 0 Å². The van der Waals surface area contributed by atoms with E-state index in [1.54, 1.807) is 7.11 Å². The lowest BCUT2D eigenvalue weighted by atomic mass is 9.98. The van der Waals surface area contributed by atoms with Crippen molar-refractivity contribution in [3.05, 3.63) is 30.1 Å². The molecule has 0 saturated carbocycles. The number of rotatable bonds is 2. The molecule has 0 aromatic carbocycles. The molecule has 0 N–H and O–H groups in total. The normalized spacial score (nSPS) is 28.0. The van der Waals surface area contributed by atoms with Crippen LogP contribution < -0.4 is 4.74 Å². The summed E-state index contributed by atoms with van der Waals surface area (Å²) < 4.78 is 5.40. The molecule has 1 aromatic heterocycles. The van der Waals surface area contributed by atoms with E-state index < -0.39 is 0 Å². The first-order valence-electron chi connectivity index (χ1n) is 6.21. The summed E-state index contributed by atoms with van der Waals surface area (Å²) >= 11 is 0. The number of aromatic nitrogens is 1. The second-order valence-electron chi connectivity index (χ2n) is 4.91. The molecule has 2 aliphatic heterocycles. The van der Waals surface area contributed by atoms with Crippen molar-refractivity contribution in [2.45, 2.75) is 31.3 Å². The molecule has 0 aliphatic carbocycles. The Labute approximate surface area is 102 Å². The van der Waals surface area contributed by atoms with Crippen molar-refractivity contribution in [1.29, 1.82) is 0 Å². The predicted octanol–water partition coefficient (Wildman–Crippen LogP) is 2.34. The first-order valence-corrected chi connectivity index (χ1v) is 6.21. The Kier molecular flexibility index (Phi) is 2.63. The molecule has 2 atom stereocenters. The second kappa shape index (κ2) is 4.15. The standard InChI is InChI=1S/C14H18N2O/c1-16-11-5-6-12(16)9-10(8-11)14-13(17-2)4-3-7-15-14/h3-4,7-8,11-12H,5-6,9H2,1-2H3. The maximum absolute atomic E-state index is 5.40. The lowest BCUT2D eigenvalue weighted by Crippen LogP contribution is -2.34. The van der Waals surface area contributed by atoms with E-state index in [2.05, 4.69) is 23.0 Å². The summed E-state index contributed by atoms with van der Waals surface area (Å²) in [5, 5.41) is 0. The van der Waals surface area contributed by atoms with Crippen molar-refractivity contribution >= 4 is 5.57 Å². The molecule has 0 spiro atoms. The fraction of sp³-hybridized carbons (Fsp3) is 0.500. The van der Waals surface area contributed by atoms with Crippen molar-refractivity contribution in [1.82, 2.24) is 9.88 Å². The van der Waals surface area contributed by atoms with Gasteiger partial charge in [0, 0.05) is 18.3 Å². The van der Waals surface area contributed by atoms with Crippen LogP contribution >= 0.6 is 0 Å². The van der Waals surface area contributed by atoms with E-state index in [1.165, 1.54) is 18.4 Å². The summed E-state index contributed by atoms with van der Waals surface area (Å²) in [6.07, 6.45) is 7.89. The minimum Gasteiger partial charge on any atom is -0.494 e. The van der Waals surface area contributed by atoms with Gasteiger partial charge < -0.3 is 4.74 Å².